The predicted octanol–water partition coefficient (Wildman–Crippen LogP) is 3.41. The molecule has 1 aliphatic rings. The Morgan fingerprint density at radius 1 is 1.24 bits per heavy atom. The highest BCUT2D eigenvalue weighted by molar-refractivity contribution is 5.20. The molecular weight excluding hydrogens is 268 g/mol. The third-order valence-corrected chi connectivity index (χ3v) is 3.90. The fraction of sp³-hybridized carbons (Fsp3) is 0.500. The van der Waals surface area contributed by atoms with E-state index in [0.29, 0.717) is 12.1 Å². The zero-order chi connectivity index (χ0) is 15.2. The lowest BCUT2D eigenvalue weighted by Crippen LogP contribution is -2.34. The number of nitro groups is 1. The largest absolute Gasteiger partial charge is 0.378 e. The smallest absolute Gasteiger partial charge is 0.264 e. The molecule has 0 unspecified atom stereocenters. The zero-order valence-corrected chi connectivity index (χ0v) is 12.5. The Hall–Kier alpha value is -1.88. The van der Waals surface area contributed by atoms with E-state index in [9.17, 15) is 10.1 Å². The standard InChI is InChI=1S/C16H22N2O3/c1-12(16(21-2)13-8-4-3-5-9-13)17-14-10-6-7-11-15(14)18(19)20/h3-5,8-9,12,16-17H,6-7,10-11H2,1-2H3/t12-,16+/m1/s1. The van der Waals surface area contributed by atoms with Crippen molar-refractivity contribution in [3.05, 3.63) is 57.4 Å². The lowest BCUT2D eigenvalue weighted by atomic mass is 9.98. The molecule has 0 spiro atoms. The number of hydrogen-bond donors (Lipinski definition) is 1. The van der Waals surface area contributed by atoms with Crippen molar-refractivity contribution in [2.45, 2.75) is 44.8 Å². The summed E-state index contributed by atoms with van der Waals surface area (Å²) >= 11 is 0. The van der Waals surface area contributed by atoms with Crippen molar-refractivity contribution in [1.29, 1.82) is 0 Å². The molecule has 0 bridgehead atoms. The maximum Gasteiger partial charge on any atom is 0.264 e. The second-order valence-electron chi connectivity index (χ2n) is 5.39. The maximum absolute atomic E-state index is 11.1. The van der Waals surface area contributed by atoms with Gasteiger partial charge in [0.15, 0.2) is 0 Å². The molecule has 2 rings (SSSR count). The van der Waals surface area contributed by atoms with E-state index in [1.807, 2.05) is 37.3 Å². The summed E-state index contributed by atoms with van der Waals surface area (Å²) < 4.78 is 5.58. The summed E-state index contributed by atoms with van der Waals surface area (Å²) in [7, 11) is 1.67. The summed E-state index contributed by atoms with van der Waals surface area (Å²) in [6, 6.07) is 9.89. The average molecular weight is 290 g/mol. The average Bonchev–Trinajstić information content (AvgIpc) is 2.49. The molecule has 0 amide bonds. The summed E-state index contributed by atoms with van der Waals surface area (Å²) in [4.78, 5) is 10.9. The highest BCUT2D eigenvalue weighted by Crippen LogP contribution is 2.26. The van der Waals surface area contributed by atoms with Gasteiger partial charge in [0.2, 0.25) is 0 Å². The molecule has 1 aromatic carbocycles. The zero-order valence-electron chi connectivity index (χ0n) is 12.5. The summed E-state index contributed by atoms with van der Waals surface area (Å²) in [6.07, 6.45) is 3.04. The minimum atomic E-state index is -0.251. The van der Waals surface area contributed by atoms with Gasteiger partial charge in [-0.25, -0.2) is 0 Å². The number of methoxy groups -OCH3 is 1. The fourth-order valence-electron chi connectivity index (χ4n) is 2.87. The summed E-state index contributed by atoms with van der Waals surface area (Å²) in [5.74, 6) is 0. The molecule has 0 saturated heterocycles. The molecule has 1 aromatic rings. The van der Waals surface area contributed by atoms with Crippen molar-refractivity contribution in [1.82, 2.24) is 5.32 Å². The Balaban J connectivity index is 2.15. The van der Waals surface area contributed by atoms with Gasteiger partial charge in [0.25, 0.3) is 5.70 Å². The molecule has 1 aliphatic carbocycles. The molecule has 0 aromatic heterocycles. The van der Waals surface area contributed by atoms with E-state index in [-0.39, 0.29) is 17.1 Å². The SMILES string of the molecule is CO[C@H](c1ccccc1)[C@@H](C)NC1=C([N+](=O)[O-])CCCC1. The summed E-state index contributed by atoms with van der Waals surface area (Å²) in [5, 5.41) is 14.4. The molecular formula is C16H22N2O3. The van der Waals surface area contributed by atoms with Gasteiger partial charge in [-0.2, -0.15) is 0 Å². The molecule has 0 aliphatic heterocycles. The number of hydrogen-bond acceptors (Lipinski definition) is 4. The third-order valence-electron chi connectivity index (χ3n) is 3.90. The van der Waals surface area contributed by atoms with Gasteiger partial charge in [0, 0.05) is 13.5 Å². The first kappa shape index (κ1) is 15.5. The van der Waals surface area contributed by atoms with Crippen LogP contribution in [0.1, 0.15) is 44.3 Å². The van der Waals surface area contributed by atoms with Crippen LogP contribution >= 0.6 is 0 Å². The molecule has 0 heterocycles. The Morgan fingerprint density at radius 2 is 1.90 bits per heavy atom. The number of nitrogens with one attached hydrogen (secondary N) is 1. The number of rotatable bonds is 6. The van der Waals surface area contributed by atoms with E-state index in [1.165, 1.54) is 0 Å². The highest BCUT2D eigenvalue weighted by atomic mass is 16.6. The van der Waals surface area contributed by atoms with E-state index in [2.05, 4.69) is 5.32 Å². The van der Waals surface area contributed by atoms with Crippen molar-refractivity contribution < 1.29 is 9.66 Å². The second-order valence-corrected chi connectivity index (χ2v) is 5.39. The molecule has 5 nitrogen and oxygen atoms in total. The van der Waals surface area contributed by atoms with Gasteiger partial charge in [-0.1, -0.05) is 30.3 Å². The van der Waals surface area contributed by atoms with Crippen LogP contribution in [0.25, 0.3) is 0 Å². The van der Waals surface area contributed by atoms with Gasteiger partial charge in [0.1, 0.15) is 6.10 Å². The molecule has 0 saturated carbocycles. The van der Waals surface area contributed by atoms with Gasteiger partial charge in [-0.15, -0.1) is 0 Å². The number of benzene rings is 1. The molecule has 5 heteroatoms. The van der Waals surface area contributed by atoms with Crippen LogP contribution in [0.3, 0.4) is 0 Å². The Kier molecular flexibility index (Phi) is 5.33. The van der Waals surface area contributed by atoms with Crippen LogP contribution in [0.5, 0.6) is 0 Å². The van der Waals surface area contributed by atoms with Crippen molar-refractivity contribution in [3.63, 3.8) is 0 Å². The number of allylic oxidation sites excluding steroid dienone is 2. The van der Waals surface area contributed by atoms with Crippen LogP contribution < -0.4 is 5.32 Å². The van der Waals surface area contributed by atoms with Gasteiger partial charge in [-0.3, -0.25) is 10.1 Å². The van der Waals surface area contributed by atoms with E-state index in [0.717, 1.165) is 30.5 Å². The van der Waals surface area contributed by atoms with Crippen LogP contribution in [-0.2, 0) is 4.74 Å². The Bertz CT molecular complexity index is 514. The minimum absolute atomic E-state index is 0.0274. The van der Waals surface area contributed by atoms with Crippen LogP contribution in [0.15, 0.2) is 41.7 Å². The Labute approximate surface area is 125 Å². The van der Waals surface area contributed by atoms with Crippen molar-refractivity contribution in [3.8, 4) is 0 Å². The topological polar surface area (TPSA) is 64.4 Å². The normalized spacial score (nSPS) is 18.2. The number of ether oxygens (including phenoxy) is 1. The summed E-state index contributed by atoms with van der Waals surface area (Å²) in [5.41, 5.74) is 2.16. The van der Waals surface area contributed by atoms with Gasteiger partial charge in [0.05, 0.1) is 16.7 Å². The van der Waals surface area contributed by atoms with E-state index >= 15 is 0 Å². The van der Waals surface area contributed by atoms with Crippen molar-refractivity contribution in [2.75, 3.05) is 7.11 Å². The second kappa shape index (κ2) is 7.22. The molecule has 0 fully saturated rings. The summed E-state index contributed by atoms with van der Waals surface area (Å²) in [6.45, 7) is 2.00. The van der Waals surface area contributed by atoms with Gasteiger partial charge in [-0.05, 0) is 31.7 Å². The van der Waals surface area contributed by atoms with Gasteiger partial charge >= 0.3 is 0 Å². The molecule has 1 N–H and O–H groups in total. The molecule has 0 radical (unpaired) electrons. The highest BCUT2D eigenvalue weighted by Gasteiger charge is 2.26. The van der Waals surface area contributed by atoms with Crippen LogP contribution in [-0.4, -0.2) is 18.1 Å². The fourth-order valence-corrected chi connectivity index (χ4v) is 2.87. The van der Waals surface area contributed by atoms with Gasteiger partial charge < -0.3 is 10.1 Å². The molecule has 21 heavy (non-hydrogen) atoms. The predicted molar refractivity (Wildman–Crippen MR) is 81.3 cm³/mol. The first-order chi connectivity index (χ1) is 10.1. The quantitative estimate of drug-likeness (QED) is 0.644. The van der Waals surface area contributed by atoms with Crippen molar-refractivity contribution in [2.24, 2.45) is 0 Å². The lowest BCUT2D eigenvalue weighted by Gasteiger charge is -2.27. The van der Waals surface area contributed by atoms with Crippen LogP contribution in [0, 0.1) is 10.1 Å². The Morgan fingerprint density at radius 3 is 2.52 bits per heavy atom. The first-order valence-electron chi connectivity index (χ1n) is 7.34. The lowest BCUT2D eigenvalue weighted by molar-refractivity contribution is -0.430. The molecule has 2 atom stereocenters. The number of nitrogens with zero attached hydrogens (tertiary/aromatic N) is 1. The van der Waals surface area contributed by atoms with E-state index < -0.39 is 0 Å². The van der Waals surface area contributed by atoms with Crippen LogP contribution in [0.2, 0.25) is 0 Å². The maximum atomic E-state index is 11.1. The first-order valence-corrected chi connectivity index (χ1v) is 7.34. The molecule has 114 valence electrons. The van der Waals surface area contributed by atoms with Crippen molar-refractivity contribution >= 4 is 0 Å². The monoisotopic (exact) mass is 290 g/mol. The minimum Gasteiger partial charge on any atom is -0.378 e. The van der Waals surface area contributed by atoms with Crippen LogP contribution in [0.4, 0.5) is 0 Å². The third kappa shape index (κ3) is 3.82. The van der Waals surface area contributed by atoms with E-state index in [4.69, 9.17) is 4.74 Å². The van der Waals surface area contributed by atoms with E-state index in [1.54, 1.807) is 7.11 Å².